The van der Waals surface area contributed by atoms with Crippen LogP contribution in [0.1, 0.15) is 31.2 Å². The molecule has 0 atom stereocenters. The van der Waals surface area contributed by atoms with Gasteiger partial charge in [-0.2, -0.15) is 4.57 Å². The number of nitrogens with zero attached hydrogens (tertiary/aromatic N) is 2. The Morgan fingerprint density at radius 3 is 2.44 bits per heavy atom. The second-order valence-corrected chi connectivity index (χ2v) is 9.05. The van der Waals surface area contributed by atoms with Gasteiger partial charge in [0.15, 0.2) is 0 Å². The minimum Gasteiger partial charge on any atom is -0.495 e. The first-order valence-electron chi connectivity index (χ1n) is 11.5. The topological polar surface area (TPSA) is 121 Å². The number of ether oxygens (including phenoxy) is 2. The van der Waals surface area contributed by atoms with Crippen molar-refractivity contribution in [1.82, 2.24) is 14.5 Å². The number of nitrogens with one attached hydrogen (secondary N) is 2. The number of rotatable bonds is 6. The third-order valence-electron chi connectivity index (χ3n) is 6.32. The van der Waals surface area contributed by atoms with Crippen LogP contribution in [0.4, 0.5) is 10.5 Å². The lowest BCUT2D eigenvalue weighted by atomic mass is 10.1. The zero-order valence-electron chi connectivity index (χ0n) is 20.2. The lowest BCUT2D eigenvalue weighted by Gasteiger charge is -2.17. The number of hydrogen-bond donors (Lipinski definition) is 2. The maximum absolute atomic E-state index is 13.4. The van der Waals surface area contributed by atoms with Crippen molar-refractivity contribution in [1.29, 1.82) is 0 Å². The standard InChI is InChI=1S/C25H27ClN4O6/c1-14-7-6-10-18-22(14)23(32)30(24(33)27-15-8-4-5-9-15)25(34)29(18)13-21(31)28-17-11-16(26)19(35-2)12-20(17)36-3/h6-7,10-12,15H,4-5,8-9,13H2,1-3H3,(H,27,33)(H,28,31). The first-order chi connectivity index (χ1) is 17.2. The molecule has 2 aromatic carbocycles. The van der Waals surface area contributed by atoms with Gasteiger partial charge >= 0.3 is 11.7 Å². The van der Waals surface area contributed by atoms with Crippen LogP contribution in [0.3, 0.4) is 0 Å². The summed E-state index contributed by atoms with van der Waals surface area (Å²) < 4.78 is 12.2. The number of hydrogen-bond acceptors (Lipinski definition) is 6. The Morgan fingerprint density at radius 1 is 1.08 bits per heavy atom. The molecule has 3 aromatic rings. The first-order valence-corrected chi connectivity index (χ1v) is 11.9. The summed E-state index contributed by atoms with van der Waals surface area (Å²) in [7, 11) is 2.88. The van der Waals surface area contributed by atoms with E-state index in [9.17, 15) is 19.2 Å². The number of aryl methyl sites for hydroxylation is 1. The summed E-state index contributed by atoms with van der Waals surface area (Å²) in [6.07, 6.45) is 3.52. The summed E-state index contributed by atoms with van der Waals surface area (Å²) in [5.41, 5.74) is -0.510. The molecule has 0 spiro atoms. The number of amides is 2. The highest BCUT2D eigenvalue weighted by Crippen LogP contribution is 2.35. The van der Waals surface area contributed by atoms with E-state index in [2.05, 4.69) is 10.6 Å². The number of anilines is 1. The Balaban J connectivity index is 1.74. The van der Waals surface area contributed by atoms with E-state index < -0.39 is 29.7 Å². The fourth-order valence-corrected chi connectivity index (χ4v) is 4.75. The largest absolute Gasteiger partial charge is 0.495 e. The number of methoxy groups -OCH3 is 2. The lowest BCUT2D eigenvalue weighted by Crippen LogP contribution is -2.50. The Hall–Kier alpha value is -3.79. The van der Waals surface area contributed by atoms with Crippen LogP contribution in [0.5, 0.6) is 11.5 Å². The molecular weight excluding hydrogens is 488 g/mol. The summed E-state index contributed by atoms with van der Waals surface area (Å²) in [5.74, 6) is 0.0870. The van der Waals surface area contributed by atoms with Crippen molar-refractivity contribution >= 4 is 40.1 Å². The third kappa shape index (κ3) is 4.81. The normalized spacial score (nSPS) is 13.6. The monoisotopic (exact) mass is 514 g/mol. The van der Waals surface area contributed by atoms with Gasteiger partial charge in [0.25, 0.3) is 5.56 Å². The molecule has 0 radical (unpaired) electrons. The van der Waals surface area contributed by atoms with Gasteiger partial charge in [-0.05, 0) is 37.5 Å². The van der Waals surface area contributed by atoms with Crippen LogP contribution in [0.2, 0.25) is 5.02 Å². The van der Waals surface area contributed by atoms with Crippen molar-refractivity contribution in [3.8, 4) is 11.5 Å². The smallest absolute Gasteiger partial charge is 0.340 e. The molecule has 1 saturated carbocycles. The molecule has 0 saturated heterocycles. The van der Waals surface area contributed by atoms with E-state index in [4.69, 9.17) is 21.1 Å². The number of carbonyl (C=O) groups is 2. The lowest BCUT2D eigenvalue weighted by molar-refractivity contribution is -0.116. The number of benzene rings is 2. The van der Waals surface area contributed by atoms with Crippen molar-refractivity contribution in [2.45, 2.75) is 45.2 Å². The van der Waals surface area contributed by atoms with Gasteiger partial charge in [-0.25, -0.2) is 9.59 Å². The highest BCUT2D eigenvalue weighted by Gasteiger charge is 2.24. The molecule has 2 amide bonds. The molecule has 2 N–H and O–H groups in total. The Kier molecular flexibility index (Phi) is 7.35. The quantitative estimate of drug-likeness (QED) is 0.521. The van der Waals surface area contributed by atoms with Crippen LogP contribution in [0.15, 0.2) is 39.9 Å². The summed E-state index contributed by atoms with van der Waals surface area (Å²) in [4.78, 5) is 52.7. The van der Waals surface area contributed by atoms with Gasteiger partial charge in [-0.3, -0.25) is 14.2 Å². The predicted octanol–water partition coefficient (Wildman–Crippen LogP) is 3.28. The van der Waals surface area contributed by atoms with Crippen LogP contribution in [-0.4, -0.2) is 41.3 Å². The van der Waals surface area contributed by atoms with Crippen LogP contribution in [0, 0.1) is 6.92 Å². The van der Waals surface area contributed by atoms with Gasteiger partial charge in [0.05, 0.1) is 35.8 Å². The van der Waals surface area contributed by atoms with Gasteiger partial charge < -0.3 is 20.1 Å². The van der Waals surface area contributed by atoms with E-state index in [1.807, 2.05) is 0 Å². The Morgan fingerprint density at radius 2 is 1.78 bits per heavy atom. The molecule has 0 aliphatic heterocycles. The molecule has 36 heavy (non-hydrogen) atoms. The van der Waals surface area contributed by atoms with Gasteiger partial charge in [-0.15, -0.1) is 0 Å². The van der Waals surface area contributed by atoms with Crippen molar-refractivity contribution in [3.05, 3.63) is 61.8 Å². The Bertz CT molecular complexity index is 1460. The molecule has 0 unspecified atom stereocenters. The van der Waals surface area contributed by atoms with E-state index in [0.717, 1.165) is 30.3 Å². The second-order valence-electron chi connectivity index (χ2n) is 8.64. The van der Waals surface area contributed by atoms with Crippen molar-refractivity contribution in [2.24, 2.45) is 0 Å². The summed E-state index contributed by atoms with van der Waals surface area (Å²) in [5, 5.41) is 5.90. The number of halogens is 1. The Labute approximate surface area is 211 Å². The molecule has 11 heteroatoms. The van der Waals surface area contributed by atoms with Crippen molar-refractivity contribution < 1.29 is 19.1 Å². The first kappa shape index (κ1) is 25.3. The SMILES string of the molecule is COc1cc(OC)c(NC(=O)Cn2c(=O)n(C(=O)NC3CCCC3)c(=O)c3c(C)cccc32)cc1Cl. The number of fused-ring (bicyclic) bond motifs is 1. The molecule has 0 bridgehead atoms. The number of carbonyl (C=O) groups excluding carboxylic acids is 2. The second kappa shape index (κ2) is 10.4. The minimum atomic E-state index is -0.900. The highest BCUT2D eigenvalue weighted by atomic mass is 35.5. The van der Waals surface area contributed by atoms with Crippen LogP contribution in [0.25, 0.3) is 10.9 Å². The zero-order valence-corrected chi connectivity index (χ0v) is 21.0. The van der Waals surface area contributed by atoms with E-state index in [-0.39, 0.29) is 27.7 Å². The molecule has 1 heterocycles. The summed E-state index contributed by atoms with van der Waals surface area (Å²) >= 11 is 6.20. The average molecular weight is 515 g/mol. The average Bonchev–Trinajstić information content (AvgIpc) is 3.35. The molecule has 10 nitrogen and oxygen atoms in total. The maximum Gasteiger partial charge on any atom is 0.340 e. The maximum atomic E-state index is 13.4. The van der Waals surface area contributed by atoms with Crippen LogP contribution in [-0.2, 0) is 11.3 Å². The van der Waals surface area contributed by atoms with Gasteiger partial charge in [0.1, 0.15) is 18.0 Å². The van der Waals surface area contributed by atoms with Crippen molar-refractivity contribution in [2.75, 3.05) is 19.5 Å². The summed E-state index contributed by atoms with van der Waals surface area (Å²) in [6, 6.07) is 7.07. The fraction of sp³-hybridized carbons (Fsp3) is 0.360. The van der Waals surface area contributed by atoms with E-state index in [1.165, 1.54) is 26.4 Å². The molecule has 1 aromatic heterocycles. The minimum absolute atomic E-state index is 0.0969. The fourth-order valence-electron chi connectivity index (χ4n) is 4.51. The van der Waals surface area contributed by atoms with Gasteiger partial charge in [-0.1, -0.05) is 36.6 Å². The van der Waals surface area contributed by atoms with Gasteiger partial charge in [0, 0.05) is 12.1 Å². The summed E-state index contributed by atoms with van der Waals surface area (Å²) in [6.45, 7) is 1.25. The molecular formula is C25H27ClN4O6. The van der Waals surface area contributed by atoms with E-state index >= 15 is 0 Å². The zero-order chi connectivity index (χ0) is 26.0. The molecule has 190 valence electrons. The number of aromatic nitrogens is 2. The van der Waals surface area contributed by atoms with Gasteiger partial charge in [0.2, 0.25) is 5.91 Å². The third-order valence-corrected chi connectivity index (χ3v) is 6.61. The molecule has 4 rings (SSSR count). The van der Waals surface area contributed by atoms with Crippen LogP contribution >= 0.6 is 11.6 Å². The molecule has 1 fully saturated rings. The van der Waals surface area contributed by atoms with Crippen LogP contribution < -0.4 is 31.4 Å². The highest BCUT2D eigenvalue weighted by molar-refractivity contribution is 6.32. The van der Waals surface area contributed by atoms with E-state index in [0.29, 0.717) is 21.6 Å². The molecule has 1 aliphatic carbocycles. The molecule has 1 aliphatic rings. The van der Waals surface area contributed by atoms with E-state index in [1.54, 1.807) is 25.1 Å². The predicted molar refractivity (Wildman–Crippen MR) is 137 cm³/mol. The van der Waals surface area contributed by atoms with Crippen molar-refractivity contribution in [3.63, 3.8) is 0 Å².